The zero-order chi connectivity index (χ0) is 7.84. The van der Waals surface area contributed by atoms with Crippen molar-refractivity contribution in [3.05, 3.63) is 35.7 Å². The Labute approximate surface area is 65.5 Å². The van der Waals surface area contributed by atoms with Gasteiger partial charge in [-0.1, -0.05) is 6.07 Å². The smallest absolute Gasteiger partial charge is 0.0690 e. The van der Waals surface area contributed by atoms with Crippen molar-refractivity contribution in [2.24, 2.45) is 0 Å². The summed E-state index contributed by atoms with van der Waals surface area (Å²) in [5.74, 6) is 0. The predicted octanol–water partition coefficient (Wildman–Crippen LogP) is 1.95. The van der Waals surface area contributed by atoms with Gasteiger partial charge >= 0.3 is 0 Å². The van der Waals surface area contributed by atoms with Crippen molar-refractivity contribution in [3.63, 3.8) is 0 Å². The van der Waals surface area contributed by atoms with Gasteiger partial charge in [0, 0.05) is 6.20 Å². The summed E-state index contributed by atoms with van der Waals surface area (Å²) in [6.07, 6.45) is 3.91. The fourth-order valence-corrected chi connectivity index (χ4v) is 1.21. The molecule has 0 aliphatic carbocycles. The first kappa shape index (κ1) is 6.40. The number of aryl methyl sites for hydroxylation is 2. The van der Waals surface area contributed by atoms with Gasteiger partial charge in [0.2, 0.25) is 0 Å². The van der Waals surface area contributed by atoms with Crippen LogP contribution in [0, 0.1) is 13.8 Å². The van der Waals surface area contributed by atoms with E-state index in [1.54, 1.807) is 0 Å². The maximum absolute atomic E-state index is 4.20. The van der Waals surface area contributed by atoms with E-state index in [2.05, 4.69) is 31.1 Å². The van der Waals surface area contributed by atoms with E-state index in [0.717, 1.165) is 0 Å². The third-order valence-corrected chi connectivity index (χ3v) is 1.86. The van der Waals surface area contributed by atoms with Gasteiger partial charge in [-0.3, -0.25) is 0 Å². The topological polar surface area (TPSA) is 17.3 Å². The van der Waals surface area contributed by atoms with Crippen molar-refractivity contribution >= 4 is 5.52 Å². The summed E-state index contributed by atoms with van der Waals surface area (Å²) in [5, 5.41) is 4.20. The predicted molar refractivity (Wildman–Crippen MR) is 44.7 cm³/mol. The van der Waals surface area contributed by atoms with Crippen LogP contribution in [0.1, 0.15) is 11.1 Å². The lowest BCUT2D eigenvalue weighted by atomic mass is 10.2. The van der Waals surface area contributed by atoms with Crippen LogP contribution in [0.3, 0.4) is 0 Å². The molecule has 2 aromatic heterocycles. The van der Waals surface area contributed by atoms with E-state index >= 15 is 0 Å². The third kappa shape index (κ3) is 0.909. The Hall–Kier alpha value is -1.31. The maximum Gasteiger partial charge on any atom is 0.0690 e. The zero-order valence-electron chi connectivity index (χ0n) is 6.70. The molecule has 0 spiro atoms. The summed E-state index contributed by atoms with van der Waals surface area (Å²) < 4.78 is 1.91. The number of pyridine rings is 1. The molecule has 0 radical (unpaired) electrons. The van der Waals surface area contributed by atoms with Crippen LogP contribution in [0.5, 0.6) is 0 Å². The minimum absolute atomic E-state index is 1.19. The second kappa shape index (κ2) is 2.09. The maximum atomic E-state index is 4.20. The van der Waals surface area contributed by atoms with E-state index in [1.807, 2.05) is 16.9 Å². The van der Waals surface area contributed by atoms with E-state index in [9.17, 15) is 0 Å². The average Bonchev–Trinajstić information content (AvgIpc) is 2.32. The van der Waals surface area contributed by atoms with Crippen molar-refractivity contribution in [1.82, 2.24) is 9.61 Å². The molecule has 2 heteroatoms. The normalized spacial score (nSPS) is 10.7. The van der Waals surface area contributed by atoms with Crippen LogP contribution in [0.25, 0.3) is 5.52 Å². The summed E-state index contributed by atoms with van der Waals surface area (Å²) in [6, 6.07) is 4.20. The lowest BCUT2D eigenvalue weighted by Crippen LogP contribution is -1.86. The average molecular weight is 146 g/mol. The molecule has 2 rings (SSSR count). The number of rotatable bonds is 0. The summed E-state index contributed by atoms with van der Waals surface area (Å²) in [7, 11) is 0. The Kier molecular flexibility index (Phi) is 1.22. The number of hydrogen-bond donors (Lipinski definition) is 0. The van der Waals surface area contributed by atoms with Gasteiger partial charge in [-0.05, 0) is 31.0 Å². The van der Waals surface area contributed by atoms with E-state index in [0.29, 0.717) is 0 Å². The molecule has 56 valence electrons. The fourth-order valence-electron chi connectivity index (χ4n) is 1.21. The van der Waals surface area contributed by atoms with Gasteiger partial charge in [0.1, 0.15) is 0 Å². The van der Waals surface area contributed by atoms with Crippen LogP contribution in [0.4, 0.5) is 0 Å². The fraction of sp³-hybridized carbons (Fsp3) is 0.222. The van der Waals surface area contributed by atoms with Gasteiger partial charge in [0.05, 0.1) is 11.7 Å². The minimum Gasteiger partial charge on any atom is -0.240 e. The van der Waals surface area contributed by atoms with Crippen LogP contribution >= 0.6 is 0 Å². The highest BCUT2D eigenvalue weighted by molar-refractivity contribution is 5.53. The molecule has 0 N–H and O–H groups in total. The second-order valence-electron chi connectivity index (χ2n) is 2.86. The molecule has 0 saturated heterocycles. The molecule has 11 heavy (non-hydrogen) atoms. The first-order chi connectivity index (χ1) is 5.27. The molecule has 0 saturated carbocycles. The van der Waals surface area contributed by atoms with E-state index in [4.69, 9.17) is 0 Å². The molecule has 0 amide bonds. The third-order valence-electron chi connectivity index (χ3n) is 1.86. The standard InChI is InChI=1S/C9H10N2/c1-7-3-4-9-8(2)5-10-11(9)6-7/h3-6H,1-2H3. The van der Waals surface area contributed by atoms with Crippen molar-refractivity contribution < 1.29 is 0 Å². The Balaban J connectivity index is 2.86. The molecule has 0 aliphatic rings. The SMILES string of the molecule is Cc1ccc2c(C)cnn2c1. The highest BCUT2D eigenvalue weighted by atomic mass is 15.2. The first-order valence-corrected chi connectivity index (χ1v) is 3.68. The quantitative estimate of drug-likeness (QED) is 0.555. The monoisotopic (exact) mass is 146 g/mol. The molecule has 2 heterocycles. The van der Waals surface area contributed by atoms with Crippen molar-refractivity contribution in [3.8, 4) is 0 Å². The summed E-state index contributed by atoms with van der Waals surface area (Å²) in [4.78, 5) is 0. The molecule has 2 aromatic rings. The zero-order valence-corrected chi connectivity index (χ0v) is 6.70. The summed E-state index contributed by atoms with van der Waals surface area (Å²) >= 11 is 0. The summed E-state index contributed by atoms with van der Waals surface area (Å²) in [6.45, 7) is 4.13. The van der Waals surface area contributed by atoms with Crippen LogP contribution in [-0.4, -0.2) is 9.61 Å². The van der Waals surface area contributed by atoms with E-state index < -0.39 is 0 Å². The van der Waals surface area contributed by atoms with Gasteiger partial charge in [-0.15, -0.1) is 0 Å². The summed E-state index contributed by atoms with van der Waals surface area (Å²) in [5.41, 5.74) is 3.65. The van der Waals surface area contributed by atoms with Gasteiger partial charge < -0.3 is 0 Å². The van der Waals surface area contributed by atoms with Crippen LogP contribution in [0.15, 0.2) is 24.5 Å². The number of fused-ring (bicyclic) bond motifs is 1. The van der Waals surface area contributed by atoms with Crippen LogP contribution < -0.4 is 0 Å². The van der Waals surface area contributed by atoms with E-state index in [-0.39, 0.29) is 0 Å². The lowest BCUT2D eigenvalue weighted by Gasteiger charge is -1.94. The van der Waals surface area contributed by atoms with Crippen LogP contribution in [-0.2, 0) is 0 Å². The molecule has 0 aromatic carbocycles. The second-order valence-corrected chi connectivity index (χ2v) is 2.86. The Bertz CT molecular complexity index is 387. The minimum atomic E-state index is 1.19. The largest absolute Gasteiger partial charge is 0.240 e. The van der Waals surface area contributed by atoms with Gasteiger partial charge in [-0.2, -0.15) is 5.10 Å². The molecule has 0 unspecified atom stereocenters. The Morgan fingerprint density at radius 1 is 1.27 bits per heavy atom. The van der Waals surface area contributed by atoms with Gasteiger partial charge in [0.15, 0.2) is 0 Å². The first-order valence-electron chi connectivity index (χ1n) is 3.68. The highest BCUT2D eigenvalue weighted by Crippen LogP contribution is 2.09. The van der Waals surface area contributed by atoms with Crippen molar-refractivity contribution in [2.75, 3.05) is 0 Å². The molecular formula is C9H10N2. The number of aromatic nitrogens is 2. The highest BCUT2D eigenvalue weighted by Gasteiger charge is 1.96. The van der Waals surface area contributed by atoms with Crippen LogP contribution in [0.2, 0.25) is 0 Å². The number of hydrogen-bond acceptors (Lipinski definition) is 1. The molecular weight excluding hydrogens is 136 g/mol. The van der Waals surface area contributed by atoms with Crippen molar-refractivity contribution in [1.29, 1.82) is 0 Å². The number of nitrogens with zero attached hydrogens (tertiary/aromatic N) is 2. The van der Waals surface area contributed by atoms with Gasteiger partial charge in [-0.25, -0.2) is 4.52 Å². The Morgan fingerprint density at radius 2 is 2.09 bits per heavy atom. The van der Waals surface area contributed by atoms with E-state index in [1.165, 1.54) is 16.6 Å². The molecule has 0 aliphatic heterocycles. The molecule has 0 bridgehead atoms. The van der Waals surface area contributed by atoms with Crippen molar-refractivity contribution in [2.45, 2.75) is 13.8 Å². The lowest BCUT2D eigenvalue weighted by molar-refractivity contribution is 0.952. The Morgan fingerprint density at radius 3 is 2.91 bits per heavy atom. The van der Waals surface area contributed by atoms with Gasteiger partial charge in [0.25, 0.3) is 0 Å². The molecule has 0 fully saturated rings. The molecule has 2 nitrogen and oxygen atoms in total. The molecule has 0 atom stereocenters.